The van der Waals surface area contributed by atoms with Crippen molar-refractivity contribution in [2.45, 2.75) is 6.42 Å². The van der Waals surface area contributed by atoms with E-state index >= 15 is 0 Å². The standard InChI is InChI=1S/C18H16ClN3O3S2/c1-27(24,25)22-14-8-6-12(7-9-14)16-11-26-18(20-16)21-17(23)10-13-4-2-3-5-15(13)19/h2-9,11,22H,10H2,1H3,(H,20,21,23). The molecule has 0 fully saturated rings. The van der Waals surface area contributed by atoms with Gasteiger partial charge in [0, 0.05) is 21.7 Å². The summed E-state index contributed by atoms with van der Waals surface area (Å²) in [6, 6.07) is 14.0. The van der Waals surface area contributed by atoms with E-state index in [1.54, 1.807) is 36.4 Å². The number of hydrogen-bond donors (Lipinski definition) is 2. The van der Waals surface area contributed by atoms with Crippen molar-refractivity contribution >= 4 is 49.7 Å². The van der Waals surface area contributed by atoms with Crippen LogP contribution in [0, 0.1) is 0 Å². The Morgan fingerprint density at radius 1 is 1.15 bits per heavy atom. The molecule has 6 nitrogen and oxygen atoms in total. The molecule has 0 saturated carbocycles. The molecule has 0 aliphatic heterocycles. The van der Waals surface area contributed by atoms with Gasteiger partial charge in [-0.05, 0) is 23.8 Å². The Kier molecular flexibility index (Phi) is 5.79. The van der Waals surface area contributed by atoms with E-state index in [9.17, 15) is 13.2 Å². The molecule has 1 amide bonds. The van der Waals surface area contributed by atoms with Crippen LogP contribution in [0.1, 0.15) is 5.56 Å². The number of thiazole rings is 1. The zero-order valence-corrected chi connectivity index (χ0v) is 16.7. The van der Waals surface area contributed by atoms with Crippen LogP contribution in [0.5, 0.6) is 0 Å². The summed E-state index contributed by atoms with van der Waals surface area (Å²) in [5, 5.41) is 5.63. The number of aromatic nitrogens is 1. The summed E-state index contributed by atoms with van der Waals surface area (Å²) in [6.45, 7) is 0. The number of nitrogens with one attached hydrogen (secondary N) is 2. The molecular weight excluding hydrogens is 406 g/mol. The quantitative estimate of drug-likeness (QED) is 0.629. The Balaban J connectivity index is 1.66. The summed E-state index contributed by atoms with van der Waals surface area (Å²) >= 11 is 7.39. The lowest BCUT2D eigenvalue weighted by Gasteiger charge is -2.05. The number of benzene rings is 2. The van der Waals surface area contributed by atoms with Crippen molar-refractivity contribution in [2.75, 3.05) is 16.3 Å². The van der Waals surface area contributed by atoms with Crippen molar-refractivity contribution in [3.8, 4) is 11.3 Å². The molecule has 27 heavy (non-hydrogen) atoms. The highest BCUT2D eigenvalue weighted by Crippen LogP contribution is 2.26. The van der Waals surface area contributed by atoms with Gasteiger partial charge in [-0.1, -0.05) is 41.9 Å². The minimum absolute atomic E-state index is 0.167. The molecule has 9 heteroatoms. The van der Waals surface area contributed by atoms with Crippen LogP contribution in [-0.2, 0) is 21.2 Å². The van der Waals surface area contributed by atoms with Crippen molar-refractivity contribution in [1.82, 2.24) is 4.98 Å². The van der Waals surface area contributed by atoms with Crippen LogP contribution < -0.4 is 10.0 Å². The smallest absolute Gasteiger partial charge is 0.230 e. The van der Waals surface area contributed by atoms with Gasteiger partial charge < -0.3 is 5.32 Å². The van der Waals surface area contributed by atoms with E-state index < -0.39 is 10.0 Å². The molecule has 0 bridgehead atoms. The second-order valence-corrected chi connectivity index (χ2v) is 8.82. The zero-order valence-electron chi connectivity index (χ0n) is 14.3. The SMILES string of the molecule is CS(=O)(=O)Nc1ccc(-c2csc(NC(=O)Cc3ccccc3Cl)n2)cc1. The number of carbonyl (C=O) groups excluding carboxylic acids is 1. The second-order valence-electron chi connectivity index (χ2n) is 5.81. The average Bonchev–Trinajstić information content (AvgIpc) is 3.04. The molecule has 0 unspecified atom stereocenters. The van der Waals surface area contributed by atoms with Gasteiger partial charge in [0.15, 0.2) is 5.13 Å². The summed E-state index contributed by atoms with van der Waals surface area (Å²) in [5.74, 6) is -0.197. The normalized spacial score (nSPS) is 11.2. The van der Waals surface area contributed by atoms with Crippen LogP contribution in [-0.4, -0.2) is 25.6 Å². The van der Waals surface area contributed by atoms with Crippen LogP contribution in [0.4, 0.5) is 10.8 Å². The number of rotatable bonds is 6. The maximum absolute atomic E-state index is 12.2. The van der Waals surface area contributed by atoms with E-state index in [1.807, 2.05) is 17.5 Å². The molecule has 3 rings (SSSR count). The molecule has 0 aliphatic carbocycles. The summed E-state index contributed by atoms with van der Waals surface area (Å²) in [7, 11) is -3.31. The molecule has 1 heterocycles. The third kappa shape index (κ3) is 5.53. The topological polar surface area (TPSA) is 88.2 Å². The minimum atomic E-state index is -3.31. The van der Waals surface area contributed by atoms with Crippen LogP contribution >= 0.6 is 22.9 Å². The average molecular weight is 422 g/mol. The lowest BCUT2D eigenvalue weighted by atomic mass is 10.1. The van der Waals surface area contributed by atoms with E-state index in [2.05, 4.69) is 15.0 Å². The number of amides is 1. The second kappa shape index (κ2) is 8.08. The first-order valence-electron chi connectivity index (χ1n) is 7.87. The van der Waals surface area contributed by atoms with Gasteiger partial charge in [0.2, 0.25) is 15.9 Å². The van der Waals surface area contributed by atoms with E-state index in [0.29, 0.717) is 21.5 Å². The van der Waals surface area contributed by atoms with Crippen molar-refractivity contribution in [3.05, 3.63) is 64.5 Å². The van der Waals surface area contributed by atoms with Crippen LogP contribution in [0.15, 0.2) is 53.9 Å². The number of halogens is 1. The first kappa shape index (κ1) is 19.3. The molecule has 140 valence electrons. The van der Waals surface area contributed by atoms with Gasteiger partial charge in [-0.2, -0.15) is 0 Å². The van der Waals surface area contributed by atoms with Gasteiger partial charge in [0.25, 0.3) is 0 Å². The highest BCUT2D eigenvalue weighted by molar-refractivity contribution is 7.92. The van der Waals surface area contributed by atoms with E-state index in [1.165, 1.54) is 11.3 Å². The highest BCUT2D eigenvalue weighted by Gasteiger charge is 2.11. The first-order valence-corrected chi connectivity index (χ1v) is 11.0. The number of sulfonamides is 1. The predicted octanol–water partition coefficient (Wildman–Crippen LogP) is 4.02. The first-order chi connectivity index (χ1) is 12.8. The van der Waals surface area contributed by atoms with Gasteiger partial charge in [-0.15, -0.1) is 11.3 Å². The maximum atomic E-state index is 12.2. The lowest BCUT2D eigenvalue weighted by Crippen LogP contribution is -2.14. The summed E-state index contributed by atoms with van der Waals surface area (Å²) in [4.78, 5) is 16.6. The van der Waals surface area contributed by atoms with Gasteiger partial charge in [-0.3, -0.25) is 9.52 Å². The van der Waals surface area contributed by atoms with Gasteiger partial charge in [0.05, 0.1) is 18.4 Å². The molecule has 0 radical (unpaired) electrons. The number of hydrogen-bond acceptors (Lipinski definition) is 5. The number of carbonyl (C=O) groups is 1. The molecule has 3 aromatic rings. The zero-order chi connectivity index (χ0) is 19.4. The van der Waals surface area contributed by atoms with Crippen molar-refractivity contribution in [2.24, 2.45) is 0 Å². The molecule has 0 spiro atoms. The van der Waals surface area contributed by atoms with Gasteiger partial charge in [0.1, 0.15) is 0 Å². The lowest BCUT2D eigenvalue weighted by molar-refractivity contribution is -0.115. The summed E-state index contributed by atoms with van der Waals surface area (Å²) in [6.07, 6.45) is 1.26. The molecule has 0 saturated heterocycles. The Hall–Kier alpha value is -2.42. The fourth-order valence-electron chi connectivity index (χ4n) is 2.37. The van der Waals surface area contributed by atoms with Crippen molar-refractivity contribution < 1.29 is 13.2 Å². The van der Waals surface area contributed by atoms with E-state index in [0.717, 1.165) is 17.4 Å². The Morgan fingerprint density at radius 2 is 1.85 bits per heavy atom. The van der Waals surface area contributed by atoms with Gasteiger partial charge in [-0.25, -0.2) is 13.4 Å². The fraction of sp³-hybridized carbons (Fsp3) is 0.111. The fourth-order valence-corrected chi connectivity index (χ4v) is 3.87. The van der Waals surface area contributed by atoms with Crippen molar-refractivity contribution in [1.29, 1.82) is 0 Å². The number of anilines is 2. The Bertz CT molecular complexity index is 1060. The Labute approximate surface area is 166 Å². The van der Waals surface area contributed by atoms with Crippen LogP contribution in [0.25, 0.3) is 11.3 Å². The van der Waals surface area contributed by atoms with Crippen LogP contribution in [0.3, 0.4) is 0 Å². The monoisotopic (exact) mass is 421 g/mol. The molecule has 2 aromatic carbocycles. The molecule has 2 N–H and O–H groups in total. The highest BCUT2D eigenvalue weighted by atomic mass is 35.5. The van der Waals surface area contributed by atoms with Crippen molar-refractivity contribution in [3.63, 3.8) is 0 Å². The molecule has 1 aromatic heterocycles. The number of nitrogens with zero attached hydrogens (tertiary/aromatic N) is 1. The molecule has 0 aliphatic rings. The van der Waals surface area contributed by atoms with Gasteiger partial charge >= 0.3 is 0 Å². The predicted molar refractivity (Wildman–Crippen MR) is 110 cm³/mol. The summed E-state index contributed by atoms with van der Waals surface area (Å²) < 4.78 is 24.9. The van der Waals surface area contributed by atoms with E-state index in [-0.39, 0.29) is 12.3 Å². The molecular formula is C18H16ClN3O3S2. The van der Waals surface area contributed by atoms with E-state index in [4.69, 9.17) is 11.6 Å². The maximum Gasteiger partial charge on any atom is 0.230 e. The third-order valence-corrected chi connectivity index (χ3v) is 5.28. The third-order valence-electron chi connectivity index (χ3n) is 3.54. The minimum Gasteiger partial charge on any atom is -0.302 e. The largest absolute Gasteiger partial charge is 0.302 e. The summed E-state index contributed by atoms with van der Waals surface area (Å²) in [5.41, 5.74) is 2.74. The Morgan fingerprint density at radius 3 is 2.52 bits per heavy atom. The van der Waals surface area contributed by atoms with Crippen LogP contribution in [0.2, 0.25) is 5.02 Å². The molecule has 0 atom stereocenters.